The van der Waals surface area contributed by atoms with Crippen molar-refractivity contribution in [2.75, 3.05) is 12.3 Å². The molecule has 5 nitrogen and oxygen atoms in total. The van der Waals surface area contributed by atoms with Crippen molar-refractivity contribution in [3.05, 3.63) is 65.2 Å². The maximum Gasteiger partial charge on any atom is 0.267 e. The minimum Gasteiger partial charge on any atom is -0.465 e. The average molecular weight is 413 g/mol. The van der Waals surface area contributed by atoms with Crippen molar-refractivity contribution in [3.8, 4) is 0 Å². The molecule has 0 radical (unpaired) electrons. The second-order valence-electron chi connectivity index (χ2n) is 7.28. The topological polar surface area (TPSA) is 71.3 Å². The highest BCUT2D eigenvalue weighted by atomic mass is 32.2. The van der Waals surface area contributed by atoms with E-state index in [2.05, 4.69) is 10.6 Å². The average Bonchev–Trinajstić information content (AvgIpc) is 3.25. The monoisotopic (exact) mass is 412 g/mol. The van der Waals surface area contributed by atoms with Crippen LogP contribution in [0.4, 0.5) is 0 Å². The number of carbonyl (C=O) groups is 2. The third-order valence-corrected chi connectivity index (χ3v) is 6.31. The van der Waals surface area contributed by atoms with E-state index in [-0.39, 0.29) is 17.5 Å². The van der Waals surface area contributed by atoms with E-state index in [4.69, 9.17) is 4.42 Å². The maximum atomic E-state index is 12.7. The summed E-state index contributed by atoms with van der Waals surface area (Å²) in [5.74, 6) is 0.743. The van der Waals surface area contributed by atoms with Gasteiger partial charge in [-0.2, -0.15) is 11.8 Å². The predicted octanol–water partition coefficient (Wildman–Crippen LogP) is 4.54. The number of hydrogen-bond acceptors (Lipinski definition) is 4. The Morgan fingerprint density at radius 1 is 1.14 bits per heavy atom. The van der Waals surface area contributed by atoms with Crippen LogP contribution in [-0.4, -0.2) is 29.4 Å². The van der Waals surface area contributed by atoms with Gasteiger partial charge in [0.1, 0.15) is 11.5 Å². The molecule has 0 bridgehead atoms. The molecule has 1 saturated carbocycles. The van der Waals surface area contributed by atoms with E-state index < -0.39 is 0 Å². The molecule has 2 aromatic rings. The highest BCUT2D eigenvalue weighted by Crippen LogP contribution is 2.27. The number of thioether (sulfide) groups is 1. The number of rotatable bonds is 8. The normalized spacial score (nSPS) is 15.1. The summed E-state index contributed by atoms with van der Waals surface area (Å²) in [7, 11) is 0. The van der Waals surface area contributed by atoms with Crippen molar-refractivity contribution >= 4 is 29.7 Å². The van der Waals surface area contributed by atoms with Crippen LogP contribution >= 0.6 is 11.8 Å². The van der Waals surface area contributed by atoms with Gasteiger partial charge in [0, 0.05) is 29.2 Å². The molecule has 154 valence electrons. The molecule has 2 N–H and O–H groups in total. The molecular weight excluding hydrogens is 384 g/mol. The lowest BCUT2D eigenvalue weighted by Crippen LogP contribution is -2.36. The van der Waals surface area contributed by atoms with E-state index >= 15 is 0 Å². The number of benzene rings is 1. The van der Waals surface area contributed by atoms with Crippen LogP contribution in [0.5, 0.6) is 0 Å². The van der Waals surface area contributed by atoms with E-state index in [1.54, 1.807) is 30.3 Å². The highest BCUT2D eigenvalue weighted by molar-refractivity contribution is 7.99. The first kappa shape index (κ1) is 21.2. The van der Waals surface area contributed by atoms with Crippen LogP contribution in [-0.2, 0) is 4.79 Å². The first-order chi connectivity index (χ1) is 14.1. The summed E-state index contributed by atoms with van der Waals surface area (Å²) < 4.78 is 5.31. The molecule has 1 heterocycles. The fourth-order valence-corrected chi connectivity index (χ4v) is 4.51. The Kier molecular flexibility index (Phi) is 7.99. The number of nitrogens with one attached hydrogen (secondary N) is 2. The maximum absolute atomic E-state index is 12.7. The zero-order chi connectivity index (χ0) is 20.5. The van der Waals surface area contributed by atoms with Crippen molar-refractivity contribution < 1.29 is 14.0 Å². The third-order valence-electron chi connectivity index (χ3n) is 4.93. The fraction of sp³-hybridized carbons (Fsp3) is 0.391. The quantitative estimate of drug-likeness (QED) is 0.493. The van der Waals surface area contributed by atoms with Gasteiger partial charge in [-0.15, -0.1) is 0 Å². The minimum atomic E-state index is -0.325. The van der Waals surface area contributed by atoms with Gasteiger partial charge in [-0.25, -0.2) is 0 Å². The number of aryl methyl sites for hydroxylation is 1. The van der Waals surface area contributed by atoms with Crippen molar-refractivity contribution in [2.45, 2.75) is 44.3 Å². The number of amides is 2. The van der Waals surface area contributed by atoms with Gasteiger partial charge in [-0.1, -0.05) is 37.0 Å². The smallest absolute Gasteiger partial charge is 0.267 e. The summed E-state index contributed by atoms with van der Waals surface area (Å²) in [6, 6.07) is 10.7. The Hall–Kier alpha value is -2.47. The van der Waals surface area contributed by atoms with Crippen molar-refractivity contribution in [1.29, 1.82) is 0 Å². The summed E-state index contributed by atoms with van der Waals surface area (Å²) in [4.78, 5) is 25.3. The van der Waals surface area contributed by atoms with Gasteiger partial charge in [0.25, 0.3) is 11.8 Å². The van der Waals surface area contributed by atoms with Crippen LogP contribution in [0.25, 0.3) is 6.08 Å². The fourth-order valence-electron chi connectivity index (χ4n) is 3.29. The molecule has 2 amide bonds. The number of carbonyl (C=O) groups excluding carboxylic acids is 2. The van der Waals surface area contributed by atoms with E-state index in [1.807, 2.05) is 30.8 Å². The molecule has 29 heavy (non-hydrogen) atoms. The SMILES string of the molecule is Cc1ccc(C(=O)N/C(=C\c2ccco2)C(=O)NCCSC2CCCCC2)cc1. The van der Waals surface area contributed by atoms with Gasteiger partial charge < -0.3 is 15.1 Å². The minimum absolute atomic E-state index is 0.174. The van der Waals surface area contributed by atoms with Crippen molar-refractivity contribution in [3.63, 3.8) is 0 Å². The molecule has 1 aromatic carbocycles. The molecule has 1 fully saturated rings. The molecule has 6 heteroatoms. The summed E-state index contributed by atoms with van der Waals surface area (Å²) in [5.41, 5.74) is 1.75. The van der Waals surface area contributed by atoms with Gasteiger partial charge >= 0.3 is 0 Å². The third kappa shape index (κ3) is 6.82. The summed E-state index contributed by atoms with van der Waals surface area (Å²) in [5, 5.41) is 6.35. The molecule has 3 rings (SSSR count). The van der Waals surface area contributed by atoms with Gasteiger partial charge in [-0.3, -0.25) is 9.59 Å². The molecule has 0 aliphatic heterocycles. The van der Waals surface area contributed by atoms with E-state index in [9.17, 15) is 9.59 Å². The molecule has 0 atom stereocenters. The van der Waals surface area contributed by atoms with Crippen LogP contribution in [0.1, 0.15) is 53.8 Å². The Bertz CT molecular complexity index is 822. The number of furan rings is 1. The standard InChI is InChI=1S/C23H28N2O3S/c1-17-9-11-18(12-10-17)22(26)25-21(16-19-6-5-14-28-19)23(27)24-13-15-29-20-7-3-2-4-8-20/h5-6,9-12,14,16,20H,2-4,7-8,13,15H2,1H3,(H,24,27)(H,25,26)/b21-16-. The Labute approximate surface area is 176 Å². The van der Waals surface area contributed by atoms with Crippen LogP contribution in [0, 0.1) is 6.92 Å². The van der Waals surface area contributed by atoms with Crippen molar-refractivity contribution in [2.24, 2.45) is 0 Å². The summed E-state index contributed by atoms with van der Waals surface area (Å²) in [6.45, 7) is 2.53. The van der Waals surface area contributed by atoms with Crippen molar-refractivity contribution in [1.82, 2.24) is 10.6 Å². The highest BCUT2D eigenvalue weighted by Gasteiger charge is 2.16. The molecule has 0 unspecified atom stereocenters. The van der Waals surface area contributed by atoms with E-state index in [1.165, 1.54) is 38.4 Å². The van der Waals surface area contributed by atoms with Crippen LogP contribution < -0.4 is 10.6 Å². The molecule has 1 aromatic heterocycles. The summed E-state index contributed by atoms with van der Waals surface area (Å²) in [6.07, 6.45) is 9.59. The van der Waals surface area contributed by atoms with Gasteiger partial charge in [0.2, 0.25) is 0 Å². The molecule has 0 spiro atoms. The Morgan fingerprint density at radius 3 is 2.59 bits per heavy atom. The molecule has 1 aliphatic carbocycles. The van der Waals surface area contributed by atoms with E-state index in [0.29, 0.717) is 23.1 Å². The predicted molar refractivity (Wildman–Crippen MR) is 118 cm³/mol. The summed E-state index contributed by atoms with van der Waals surface area (Å²) >= 11 is 1.93. The first-order valence-corrected chi connectivity index (χ1v) is 11.2. The lowest BCUT2D eigenvalue weighted by Gasteiger charge is -2.21. The van der Waals surface area contributed by atoms with Crippen LogP contribution in [0.15, 0.2) is 52.8 Å². The lowest BCUT2D eigenvalue weighted by molar-refractivity contribution is -0.117. The Morgan fingerprint density at radius 2 is 1.90 bits per heavy atom. The second kappa shape index (κ2) is 10.9. The van der Waals surface area contributed by atoms with Crippen LogP contribution in [0.2, 0.25) is 0 Å². The largest absolute Gasteiger partial charge is 0.465 e. The number of hydrogen-bond donors (Lipinski definition) is 2. The second-order valence-corrected chi connectivity index (χ2v) is 8.69. The van der Waals surface area contributed by atoms with Crippen LogP contribution in [0.3, 0.4) is 0 Å². The molecule has 1 aliphatic rings. The Balaban J connectivity index is 1.58. The molecule has 0 saturated heterocycles. The zero-order valence-corrected chi connectivity index (χ0v) is 17.6. The zero-order valence-electron chi connectivity index (χ0n) is 16.8. The molecular formula is C23H28N2O3S. The van der Waals surface area contributed by atoms with E-state index in [0.717, 1.165) is 11.3 Å². The van der Waals surface area contributed by atoms with Gasteiger partial charge in [-0.05, 0) is 44.0 Å². The van der Waals surface area contributed by atoms with Gasteiger partial charge in [0.15, 0.2) is 0 Å². The lowest BCUT2D eigenvalue weighted by atomic mass is 10.0. The first-order valence-electron chi connectivity index (χ1n) is 10.1. The van der Waals surface area contributed by atoms with Gasteiger partial charge in [0.05, 0.1) is 6.26 Å².